The number of H-pyrrole nitrogens is 2. The highest BCUT2D eigenvalue weighted by molar-refractivity contribution is 5.77. The van der Waals surface area contributed by atoms with Gasteiger partial charge in [0.15, 0.2) is 0 Å². The van der Waals surface area contributed by atoms with E-state index in [1.54, 1.807) is 0 Å². The molecular formula is C30H36N6. The molecular weight excluding hydrogens is 444 g/mol. The van der Waals surface area contributed by atoms with E-state index in [9.17, 15) is 0 Å². The molecule has 2 aromatic carbocycles. The Labute approximate surface area is 214 Å². The number of nitrogens with two attached hydrogens (primary N) is 1. The van der Waals surface area contributed by atoms with Crippen LogP contribution in [0.3, 0.4) is 0 Å². The minimum Gasteiger partial charge on any atom is -0.344 e. The molecule has 2 aromatic heterocycles. The van der Waals surface area contributed by atoms with E-state index >= 15 is 0 Å². The van der Waals surface area contributed by atoms with Gasteiger partial charge >= 0.3 is 0 Å². The van der Waals surface area contributed by atoms with Crippen LogP contribution in [0.25, 0.3) is 22.3 Å². The van der Waals surface area contributed by atoms with Gasteiger partial charge in [-0.2, -0.15) is 0 Å². The lowest BCUT2D eigenvalue weighted by Crippen LogP contribution is -2.14. The summed E-state index contributed by atoms with van der Waals surface area (Å²) in [6, 6.07) is 14.3. The van der Waals surface area contributed by atoms with Gasteiger partial charge in [0.25, 0.3) is 0 Å². The highest BCUT2D eigenvalue weighted by Gasteiger charge is 2.15. The van der Waals surface area contributed by atoms with Crippen LogP contribution in [0.1, 0.15) is 74.5 Å². The monoisotopic (exact) mass is 480 g/mol. The number of aromatic amines is 2. The van der Waals surface area contributed by atoms with Gasteiger partial charge in [-0.25, -0.2) is 9.97 Å². The number of aromatic nitrogens is 4. The molecule has 0 saturated carbocycles. The second-order valence-electron chi connectivity index (χ2n) is 8.62. The molecule has 186 valence electrons. The topological polar surface area (TPSA) is 95.4 Å². The Morgan fingerprint density at radius 2 is 1.67 bits per heavy atom. The van der Waals surface area contributed by atoms with E-state index < -0.39 is 0 Å². The zero-order valence-corrected chi connectivity index (χ0v) is 21.5. The van der Waals surface area contributed by atoms with Gasteiger partial charge in [-0.15, -0.1) is 12.8 Å². The van der Waals surface area contributed by atoms with Crippen LogP contribution in [0.15, 0.2) is 42.5 Å². The SMILES string of the molecule is C#C.CCCNCc1nc2ccc(C#Cc3ccc(-c4nc([C@@H](N)CCC)[nH]c4CC)cc3)cc2[nH]1. The maximum Gasteiger partial charge on any atom is 0.123 e. The highest BCUT2D eigenvalue weighted by Crippen LogP contribution is 2.25. The van der Waals surface area contributed by atoms with E-state index in [0.717, 1.165) is 89.5 Å². The van der Waals surface area contributed by atoms with Crippen molar-refractivity contribution < 1.29 is 0 Å². The number of hydrogen-bond donors (Lipinski definition) is 4. The Kier molecular flexibility index (Phi) is 9.89. The minimum atomic E-state index is -0.0508. The summed E-state index contributed by atoms with van der Waals surface area (Å²) in [6.45, 7) is 8.16. The lowest BCUT2D eigenvalue weighted by Gasteiger charge is -2.05. The van der Waals surface area contributed by atoms with Gasteiger partial charge in [0.2, 0.25) is 0 Å². The first kappa shape index (κ1) is 26.8. The Morgan fingerprint density at radius 3 is 2.36 bits per heavy atom. The quantitative estimate of drug-likeness (QED) is 0.189. The second-order valence-corrected chi connectivity index (χ2v) is 8.62. The number of imidazole rings is 2. The van der Waals surface area contributed by atoms with Gasteiger partial charge in [-0.1, -0.05) is 51.2 Å². The van der Waals surface area contributed by atoms with E-state index in [1.165, 1.54) is 0 Å². The third-order valence-electron chi connectivity index (χ3n) is 5.86. The standard InChI is InChI=1S/C28H34N6.C2H2/c1-4-7-22(29)28-33-23(6-3)27(34-28)21-13-10-19(11-14-21)8-9-20-12-15-24-25(17-20)32-26(31-24)18-30-16-5-2;1-2/h10-15,17,22,30H,4-7,16,18,29H2,1-3H3,(H,31,32)(H,33,34);1-2H/t22-;/m0./s1. The van der Waals surface area contributed by atoms with Crippen molar-refractivity contribution in [3.63, 3.8) is 0 Å². The number of nitrogens with zero attached hydrogens (tertiary/aromatic N) is 2. The molecule has 2 heterocycles. The maximum absolute atomic E-state index is 6.28. The Hall–Kier alpha value is -3.84. The molecule has 4 aromatic rings. The van der Waals surface area contributed by atoms with Crippen LogP contribution in [-0.2, 0) is 13.0 Å². The molecule has 0 saturated heterocycles. The average molecular weight is 481 g/mol. The van der Waals surface area contributed by atoms with Gasteiger partial charge in [0, 0.05) is 22.4 Å². The zero-order chi connectivity index (χ0) is 25.9. The number of benzene rings is 2. The van der Waals surface area contributed by atoms with Gasteiger partial charge in [-0.3, -0.25) is 0 Å². The molecule has 0 bridgehead atoms. The third kappa shape index (κ3) is 6.64. The molecule has 6 nitrogen and oxygen atoms in total. The van der Waals surface area contributed by atoms with Crippen LogP contribution >= 0.6 is 0 Å². The lowest BCUT2D eigenvalue weighted by molar-refractivity contribution is 0.607. The van der Waals surface area contributed by atoms with Gasteiger partial charge in [0.1, 0.15) is 11.6 Å². The maximum atomic E-state index is 6.28. The molecule has 4 rings (SSSR count). The van der Waals surface area contributed by atoms with Crippen LogP contribution in [0.5, 0.6) is 0 Å². The van der Waals surface area contributed by atoms with Crippen LogP contribution in [0.4, 0.5) is 0 Å². The van der Waals surface area contributed by atoms with Crippen molar-refractivity contribution in [3.05, 3.63) is 70.9 Å². The summed E-state index contributed by atoms with van der Waals surface area (Å²) in [7, 11) is 0. The summed E-state index contributed by atoms with van der Waals surface area (Å²) in [4.78, 5) is 16.3. The largest absolute Gasteiger partial charge is 0.344 e. The Bertz CT molecular complexity index is 1330. The first-order valence-corrected chi connectivity index (χ1v) is 12.6. The fourth-order valence-electron chi connectivity index (χ4n) is 4.01. The van der Waals surface area contributed by atoms with Crippen LogP contribution in [0.2, 0.25) is 0 Å². The van der Waals surface area contributed by atoms with Gasteiger partial charge < -0.3 is 21.0 Å². The van der Waals surface area contributed by atoms with Crippen molar-refractivity contribution in [3.8, 4) is 35.9 Å². The molecule has 0 amide bonds. The normalized spacial score (nSPS) is 11.4. The Morgan fingerprint density at radius 1 is 0.944 bits per heavy atom. The van der Waals surface area contributed by atoms with Crippen LogP contribution in [-0.4, -0.2) is 26.5 Å². The summed E-state index contributed by atoms with van der Waals surface area (Å²) in [5.74, 6) is 8.38. The molecule has 0 radical (unpaired) electrons. The van der Waals surface area contributed by atoms with Crippen molar-refractivity contribution in [1.82, 2.24) is 25.3 Å². The molecule has 6 heteroatoms. The summed E-state index contributed by atoms with van der Waals surface area (Å²) in [6.07, 6.45) is 12.0. The molecule has 0 spiro atoms. The van der Waals surface area contributed by atoms with Crippen molar-refractivity contribution in [2.45, 2.75) is 59.0 Å². The Balaban J connectivity index is 0.00000176. The molecule has 1 atom stereocenters. The molecule has 5 N–H and O–H groups in total. The van der Waals surface area contributed by atoms with E-state index in [1.807, 2.05) is 24.3 Å². The fraction of sp³-hybridized carbons (Fsp3) is 0.333. The number of fused-ring (bicyclic) bond motifs is 1. The van der Waals surface area contributed by atoms with E-state index in [0.29, 0.717) is 0 Å². The van der Waals surface area contributed by atoms with Gasteiger partial charge in [0.05, 0.1) is 29.3 Å². The number of rotatable bonds is 9. The smallest absolute Gasteiger partial charge is 0.123 e. The summed E-state index contributed by atoms with van der Waals surface area (Å²) in [5.41, 5.74) is 13.4. The van der Waals surface area contributed by atoms with Crippen molar-refractivity contribution in [1.29, 1.82) is 0 Å². The predicted molar refractivity (Wildman–Crippen MR) is 149 cm³/mol. The van der Waals surface area contributed by atoms with Crippen LogP contribution < -0.4 is 11.1 Å². The van der Waals surface area contributed by atoms with E-state index in [2.05, 4.69) is 83.9 Å². The van der Waals surface area contributed by atoms with Crippen molar-refractivity contribution in [2.24, 2.45) is 5.73 Å². The number of aryl methyl sites for hydroxylation is 1. The van der Waals surface area contributed by atoms with Gasteiger partial charge in [-0.05, 0) is 56.1 Å². The average Bonchev–Trinajstić information content (AvgIpc) is 3.53. The number of hydrogen-bond acceptors (Lipinski definition) is 4. The molecule has 0 aliphatic rings. The van der Waals surface area contributed by atoms with Crippen molar-refractivity contribution in [2.75, 3.05) is 6.54 Å². The fourth-order valence-corrected chi connectivity index (χ4v) is 4.01. The molecule has 0 unspecified atom stereocenters. The number of nitrogens with one attached hydrogen (secondary N) is 3. The van der Waals surface area contributed by atoms with E-state index in [-0.39, 0.29) is 6.04 Å². The lowest BCUT2D eigenvalue weighted by atomic mass is 10.1. The second kappa shape index (κ2) is 13.3. The summed E-state index contributed by atoms with van der Waals surface area (Å²) in [5, 5.41) is 3.37. The predicted octanol–water partition coefficient (Wildman–Crippen LogP) is 5.46. The molecule has 36 heavy (non-hydrogen) atoms. The molecule has 0 aliphatic heterocycles. The number of terminal acetylenes is 1. The first-order valence-electron chi connectivity index (χ1n) is 12.6. The molecule has 0 fully saturated rings. The highest BCUT2D eigenvalue weighted by atomic mass is 15.0. The first-order chi connectivity index (χ1) is 17.6. The summed E-state index contributed by atoms with van der Waals surface area (Å²) >= 11 is 0. The third-order valence-corrected chi connectivity index (χ3v) is 5.86. The van der Waals surface area contributed by atoms with E-state index in [4.69, 9.17) is 10.7 Å². The van der Waals surface area contributed by atoms with Crippen molar-refractivity contribution >= 4 is 11.0 Å². The molecule has 0 aliphatic carbocycles. The van der Waals surface area contributed by atoms with Crippen LogP contribution in [0, 0.1) is 24.7 Å². The summed E-state index contributed by atoms with van der Waals surface area (Å²) < 4.78 is 0. The minimum absolute atomic E-state index is 0.0508. The zero-order valence-electron chi connectivity index (χ0n) is 21.5.